The molecule has 0 heterocycles. The van der Waals surface area contributed by atoms with Gasteiger partial charge in [-0.25, -0.2) is 0 Å². The molecule has 13 heavy (non-hydrogen) atoms. The first-order valence-electron chi connectivity index (χ1n) is 3.14. The Morgan fingerprint density at radius 3 is 1.92 bits per heavy atom. The van der Waals surface area contributed by atoms with Crippen LogP contribution in [0.3, 0.4) is 0 Å². The van der Waals surface area contributed by atoms with Crippen molar-refractivity contribution < 1.29 is 65.5 Å². The van der Waals surface area contributed by atoms with Crippen LogP contribution in [-0.4, -0.2) is 33.4 Å². The molecular formula is C6H12Li2O5. The summed E-state index contributed by atoms with van der Waals surface area (Å²) in [7, 11) is 0. The molecule has 3 N–H and O–H groups in total. The fraction of sp³-hybridized carbons (Fsp3) is 0.667. The van der Waals surface area contributed by atoms with Crippen LogP contribution in [0.5, 0.6) is 0 Å². The molecule has 0 rings (SSSR count). The second-order valence-corrected chi connectivity index (χ2v) is 2.18. The molecule has 1 unspecified atom stereocenters. The molecule has 0 aromatic rings. The van der Waals surface area contributed by atoms with E-state index in [9.17, 15) is 9.59 Å². The molecule has 0 saturated carbocycles. The maximum absolute atomic E-state index is 9.95. The fourth-order valence-electron chi connectivity index (χ4n) is 0.594. The van der Waals surface area contributed by atoms with E-state index in [0.29, 0.717) is 0 Å². The van der Waals surface area contributed by atoms with Gasteiger partial charge in [-0.3, -0.25) is 9.59 Å². The molecule has 5 nitrogen and oxygen atoms in total. The Morgan fingerprint density at radius 1 is 1.15 bits per heavy atom. The summed E-state index contributed by atoms with van der Waals surface area (Å²) >= 11 is 0. The SMILES string of the molecule is O=C(O)CCC(O)CC(=O)O.[H-].[H-].[Li+].[Li+]. The van der Waals surface area contributed by atoms with Crippen LogP contribution in [0.15, 0.2) is 0 Å². The topological polar surface area (TPSA) is 94.8 Å². The number of carboxylic acid groups (broad SMARTS) is 2. The van der Waals surface area contributed by atoms with E-state index >= 15 is 0 Å². The van der Waals surface area contributed by atoms with E-state index < -0.39 is 24.5 Å². The van der Waals surface area contributed by atoms with E-state index in [1.807, 2.05) is 0 Å². The van der Waals surface area contributed by atoms with Gasteiger partial charge in [-0.15, -0.1) is 0 Å². The molecule has 0 bridgehead atoms. The third-order valence-electron chi connectivity index (χ3n) is 1.10. The monoisotopic (exact) mass is 178 g/mol. The summed E-state index contributed by atoms with van der Waals surface area (Å²) < 4.78 is 0. The molecule has 0 aromatic heterocycles. The van der Waals surface area contributed by atoms with Gasteiger partial charge in [0.2, 0.25) is 0 Å². The minimum atomic E-state index is -1.12. The third-order valence-corrected chi connectivity index (χ3v) is 1.10. The Kier molecular flexibility index (Phi) is 14.7. The van der Waals surface area contributed by atoms with Crippen LogP contribution in [0.25, 0.3) is 0 Å². The van der Waals surface area contributed by atoms with Crippen LogP contribution < -0.4 is 37.7 Å². The normalized spacial score (nSPS) is 10.5. The largest absolute Gasteiger partial charge is 1.00 e. The first-order chi connectivity index (χ1) is 5.02. The Balaban J connectivity index is -0.0000000833. The van der Waals surface area contributed by atoms with Crippen LogP contribution in [-0.2, 0) is 9.59 Å². The van der Waals surface area contributed by atoms with Crippen molar-refractivity contribution in [2.24, 2.45) is 0 Å². The van der Waals surface area contributed by atoms with Gasteiger partial charge >= 0.3 is 49.7 Å². The second-order valence-electron chi connectivity index (χ2n) is 2.18. The van der Waals surface area contributed by atoms with Crippen molar-refractivity contribution in [1.29, 1.82) is 0 Å². The van der Waals surface area contributed by atoms with Gasteiger partial charge < -0.3 is 18.2 Å². The second kappa shape index (κ2) is 10.2. The summed E-state index contributed by atoms with van der Waals surface area (Å²) in [5.74, 6) is -2.16. The number of carboxylic acids is 2. The predicted octanol–water partition coefficient (Wildman–Crippen LogP) is -6.08. The average molecular weight is 178 g/mol. The number of carbonyl (C=O) groups is 2. The van der Waals surface area contributed by atoms with Crippen molar-refractivity contribution in [3.05, 3.63) is 0 Å². The van der Waals surface area contributed by atoms with E-state index in [2.05, 4.69) is 0 Å². The molecule has 0 fully saturated rings. The molecule has 1 atom stereocenters. The van der Waals surface area contributed by atoms with Gasteiger partial charge in [0.1, 0.15) is 0 Å². The van der Waals surface area contributed by atoms with Crippen LogP contribution in [0.1, 0.15) is 22.1 Å². The van der Waals surface area contributed by atoms with Crippen LogP contribution >= 0.6 is 0 Å². The van der Waals surface area contributed by atoms with Crippen molar-refractivity contribution >= 4 is 11.9 Å². The third kappa shape index (κ3) is 14.9. The van der Waals surface area contributed by atoms with Crippen molar-refractivity contribution in [3.8, 4) is 0 Å². The van der Waals surface area contributed by atoms with E-state index in [1.54, 1.807) is 0 Å². The zero-order valence-electron chi connectivity index (χ0n) is 9.86. The number of hydrogen-bond acceptors (Lipinski definition) is 3. The molecule has 0 amide bonds. The van der Waals surface area contributed by atoms with Gasteiger partial charge in [-0.1, -0.05) is 0 Å². The van der Waals surface area contributed by atoms with Gasteiger partial charge in [0.05, 0.1) is 12.5 Å². The van der Waals surface area contributed by atoms with Gasteiger partial charge in [0, 0.05) is 6.42 Å². The summed E-state index contributed by atoms with van der Waals surface area (Å²) in [5, 5.41) is 25.1. The Hall–Kier alpha value is 0.0948. The molecule has 7 heteroatoms. The van der Waals surface area contributed by atoms with Crippen molar-refractivity contribution in [1.82, 2.24) is 0 Å². The van der Waals surface area contributed by atoms with Gasteiger partial charge in [-0.2, -0.15) is 0 Å². The first kappa shape index (κ1) is 18.8. The summed E-state index contributed by atoms with van der Waals surface area (Å²) in [6.07, 6.45) is -1.66. The molecule has 68 valence electrons. The number of aliphatic hydroxyl groups is 1. The zero-order valence-corrected chi connectivity index (χ0v) is 7.86. The zero-order chi connectivity index (χ0) is 8.85. The summed E-state index contributed by atoms with van der Waals surface area (Å²) in [4.78, 5) is 19.9. The molecule has 0 aliphatic carbocycles. The van der Waals surface area contributed by atoms with E-state index in [-0.39, 0.29) is 53.4 Å². The van der Waals surface area contributed by atoms with E-state index in [0.717, 1.165) is 0 Å². The Bertz CT molecular complexity index is 170. The molecular weight excluding hydrogens is 166 g/mol. The molecule has 0 spiro atoms. The summed E-state index contributed by atoms with van der Waals surface area (Å²) in [6.45, 7) is 0. The maximum atomic E-state index is 9.95. The maximum Gasteiger partial charge on any atom is 1.00 e. The van der Waals surface area contributed by atoms with Crippen LogP contribution in [0.2, 0.25) is 0 Å². The van der Waals surface area contributed by atoms with Gasteiger partial charge in [0.15, 0.2) is 0 Å². The predicted molar refractivity (Wildman–Crippen MR) is 37.4 cm³/mol. The number of aliphatic carboxylic acids is 2. The fourth-order valence-corrected chi connectivity index (χ4v) is 0.594. The summed E-state index contributed by atoms with van der Waals surface area (Å²) in [6, 6.07) is 0. The minimum Gasteiger partial charge on any atom is -1.00 e. The number of hydrogen-bond donors (Lipinski definition) is 3. The molecule has 0 aliphatic heterocycles. The van der Waals surface area contributed by atoms with Crippen LogP contribution in [0, 0.1) is 0 Å². The minimum absolute atomic E-state index is 0. The first-order valence-corrected chi connectivity index (χ1v) is 3.14. The number of rotatable bonds is 5. The Morgan fingerprint density at radius 2 is 1.62 bits per heavy atom. The quantitative estimate of drug-likeness (QED) is 0.364. The van der Waals surface area contributed by atoms with Gasteiger partial charge in [0.25, 0.3) is 0 Å². The van der Waals surface area contributed by atoms with Crippen molar-refractivity contribution in [3.63, 3.8) is 0 Å². The van der Waals surface area contributed by atoms with Crippen LogP contribution in [0.4, 0.5) is 0 Å². The van der Waals surface area contributed by atoms with Gasteiger partial charge in [-0.05, 0) is 6.42 Å². The van der Waals surface area contributed by atoms with Crippen molar-refractivity contribution in [2.45, 2.75) is 25.4 Å². The molecule has 0 aliphatic rings. The smallest absolute Gasteiger partial charge is 1.00 e. The average Bonchev–Trinajstić information content (AvgIpc) is 1.82. The van der Waals surface area contributed by atoms with Crippen molar-refractivity contribution in [2.75, 3.05) is 0 Å². The standard InChI is InChI=1S/C6H10O5.2Li.2H/c7-4(3-6(10)11)1-2-5(8)9;;;;/h4,7H,1-3H2,(H,8,9)(H,10,11);;;;/q;2*+1;2*-1. The number of aliphatic hydroxyl groups excluding tert-OH is 1. The summed E-state index contributed by atoms with van der Waals surface area (Å²) in [5.41, 5.74) is 0. The Labute approximate surface area is 103 Å². The van der Waals surface area contributed by atoms with E-state index in [1.165, 1.54) is 0 Å². The molecule has 0 radical (unpaired) electrons. The molecule has 0 saturated heterocycles. The van der Waals surface area contributed by atoms with E-state index in [4.69, 9.17) is 15.3 Å². The molecule has 0 aromatic carbocycles.